The SMILES string of the molecule is Cc1nc(Cc2ccc(Cl)cc2Cl)sc1C(C)O. The van der Waals surface area contributed by atoms with Crippen LogP contribution in [0.4, 0.5) is 0 Å². The number of thiazole rings is 1. The zero-order valence-corrected chi connectivity index (χ0v) is 12.4. The molecule has 1 heterocycles. The Labute approximate surface area is 120 Å². The predicted octanol–water partition coefficient (Wildman–Crippen LogP) is 4.40. The van der Waals surface area contributed by atoms with Gasteiger partial charge in [-0.05, 0) is 31.5 Å². The summed E-state index contributed by atoms with van der Waals surface area (Å²) >= 11 is 13.5. The molecule has 18 heavy (non-hydrogen) atoms. The quantitative estimate of drug-likeness (QED) is 0.911. The molecule has 1 aromatic carbocycles. The van der Waals surface area contributed by atoms with E-state index in [2.05, 4.69) is 4.98 Å². The number of hydrogen-bond donors (Lipinski definition) is 1. The lowest BCUT2D eigenvalue weighted by molar-refractivity contribution is 0.202. The van der Waals surface area contributed by atoms with Crippen molar-refractivity contribution in [2.24, 2.45) is 0 Å². The predicted molar refractivity (Wildman–Crippen MR) is 76.8 cm³/mol. The van der Waals surface area contributed by atoms with Crippen LogP contribution in [0.25, 0.3) is 0 Å². The van der Waals surface area contributed by atoms with E-state index >= 15 is 0 Å². The number of aryl methyl sites for hydroxylation is 1. The summed E-state index contributed by atoms with van der Waals surface area (Å²) in [5, 5.41) is 11.8. The summed E-state index contributed by atoms with van der Waals surface area (Å²) in [5.41, 5.74) is 1.88. The van der Waals surface area contributed by atoms with Crippen molar-refractivity contribution in [3.63, 3.8) is 0 Å². The molecule has 1 unspecified atom stereocenters. The third-order valence-electron chi connectivity index (χ3n) is 2.61. The summed E-state index contributed by atoms with van der Waals surface area (Å²) in [5.74, 6) is 0. The molecule has 0 saturated carbocycles. The van der Waals surface area contributed by atoms with E-state index in [1.54, 1.807) is 13.0 Å². The minimum Gasteiger partial charge on any atom is -0.388 e. The van der Waals surface area contributed by atoms with Crippen LogP contribution in [0.2, 0.25) is 10.0 Å². The van der Waals surface area contributed by atoms with Crippen LogP contribution in [-0.4, -0.2) is 10.1 Å². The van der Waals surface area contributed by atoms with E-state index < -0.39 is 6.10 Å². The van der Waals surface area contributed by atoms with Crippen LogP contribution in [0, 0.1) is 6.92 Å². The monoisotopic (exact) mass is 301 g/mol. The Morgan fingerprint density at radius 1 is 1.39 bits per heavy atom. The van der Waals surface area contributed by atoms with Crippen LogP contribution >= 0.6 is 34.5 Å². The van der Waals surface area contributed by atoms with Gasteiger partial charge in [0.25, 0.3) is 0 Å². The van der Waals surface area contributed by atoms with Crippen molar-refractivity contribution in [3.8, 4) is 0 Å². The molecule has 1 aromatic heterocycles. The van der Waals surface area contributed by atoms with Crippen molar-refractivity contribution in [2.75, 3.05) is 0 Å². The number of rotatable bonds is 3. The maximum atomic E-state index is 9.60. The Kier molecular flexibility index (Phi) is 4.28. The van der Waals surface area contributed by atoms with Gasteiger partial charge >= 0.3 is 0 Å². The lowest BCUT2D eigenvalue weighted by Gasteiger charge is -2.02. The number of hydrogen-bond acceptors (Lipinski definition) is 3. The normalized spacial score (nSPS) is 12.7. The van der Waals surface area contributed by atoms with Crippen LogP contribution in [0.5, 0.6) is 0 Å². The van der Waals surface area contributed by atoms with Gasteiger partial charge in [-0.1, -0.05) is 29.3 Å². The van der Waals surface area contributed by atoms with Gasteiger partial charge in [0, 0.05) is 16.5 Å². The van der Waals surface area contributed by atoms with Gasteiger partial charge in [-0.25, -0.2) is 4.98 Å². The second kappa shape index (κ2) is 5.57. The van der Waals surface area contributed by atoms with Gasteiger partial charge in [-0.3, -0.25) is 0 Å². The summed E-state index contributed by atoms with van der Waals surface area (Å²) in [4.78, 5) is 5.37. The second-order valence-corrected chi connectivity index (χ2v) is 6.10. The lowest BCUT2D eigenvalue weighted by atomic mass is 10.1. The maximum absolute atomic E-state index is 9.60. The van der Waals surface area contributed by atoms with Crippen LogP contribution in [0.15, 0.2) is 18.2 Å². The first-order valence-electron chi connectivity index (χ1n) is 5.55. The molecule has 0 bridgehead atoms. The molecule has 0 aliphatic carbocycles. The number of aliphatic hydroxyl groups excluding tert-OH is 1. The molecule has 1 atom stereocenters. The summed E-state index contributed by atoms with van der Waals surface area (Å²) in [6, 6.07) is 5.46. The summed E-state index contributed by atoms with van der Waals surface area (Å²) in [6.45, 7) is 3.66. The van der Waals surface area contributed by atoms with E-state index in [1.807, 2.05) is 19.1 Å². The van der Waals surface area contributed by atoms with Crippen molar-refractivity contribution in [1.29, 1.82) is 0 Å². The molecular weight excluding hydrogens is 289 g/mol. The fourth-order valence-corrected chi connectivity index (χ4v) is 3.26. The fraction of sp³-hybridized carbons (Fsp3) is 0.308. The van der Waals surface area contributed by atoms with Crippen LogP contribution in [-0.2, 0) is 6.42 Å². The van der Waals surface area contributed by atoms with Crippen LogP contribution in [0.1, 0.15) is 34.2 Å². The largest absolute Gasteiger partial charge is 0.388 e. The first kappa shape index (κ1) is 13.8. The molecule has 0 aliphatic rings. The van der Waals surface area contributed by atoms with Crippen LogP contribution < -0.4 is 0 Å². The molecule has 0 aliphatic heterocycles. The minimum absolute atomic E-state index is 0.475. The number of benzene rings is 1. The van der Waals surface area contributed by atoms with Gasteiger partial charge in [0.2, 0.25) is 0 Å². The molecule has 0 radical (unpaired) electrons. The van der Waals surface area contributed by atoms with Gasteiger partial charge in [-0.15, -0.1) is 11.3 Å². The van der Waals surface area contributed by atoms with Crippen molar-refractivity contribution in [2.45, 2.75) is 26.4 Å². The Hall–Kier alpha value is -0.610. The van der Waals surface area contributed by atoms with Crippen molar-refractivity contribution < 1.29 is 5.11 Å². The highest BCUT2D eigenvalue weighted by Gasteiger charge is 2.13. The molecule has 2 rings (SSSR count). The molecule has 5 heteroatoms. The smallest absolute Gasteiger partial charge is 0.0976 e. The van der Waals surface area contributed by atoms with E-state index in [9.17, 15) is 5.11 Å². The van der Waals surface area contributed by atoms with Crippen molar-refractivity contribution in [1.82, 2.24) is 4.98 Å². The highest BCUT2D eigenvalue weighted by atomic mass is 35.5. The number of aliphatic hydroxyl groups is 1. The molecular formula is C13H13Cl2NOS. The van der Waals surface area contributed by atoms with Crippen LogP contribution in [0.3, 0.4) is 0 Å². The molecule has 2 aromatic rings. The summed E-state index contributed by atoms with van der Waals surface area (Å²) in [7, 11) is 0. The molecule has 1 N–H and O–H groups in total. The zero-order valence-electron chi connectivity index (χ0n) is 10.1. The van der Waals surface area contributed by atoms with Gasteiger partial charge in [-0.2, -0.15) is 0 Å². The van der Waals surface area contributed by atoms with E-state index in [0.29, 0.717) is 16.5 Å². The Balaban J connectivity index is 2.26. The van der Waals surface area contributed by atoms with Gasteiger partial charge in [0.1, 0.15) is 0 Å². The topological polar surface area (TPSA) is 33.1 Å². The van der Waals surface area contributed by atoms with E-state index in [4.69, 9.17) is 23.2 Å². The number of halogens is 2. The fourth-order valence-electron chi connectivity index (χ4n) is 1.76. The molecule has 96 valence electrons. The molecule has 0 fully saturated rings. The van der Waals surface area contributed by atoms with E-state index in [0.717, 1.165) is 21.1 Å². The number of aromatic nitrogens is 1. The lowest BCUT2D eigenvalue weighted by Crippen LogP contribution is -1.89. The molecule has 0 saturated heterocycles. The molecule has 0 spiro atoms. The standard InChI is InChI=1S/C13H13Cl2NOS/c1-7-13(8(2)17)18-12(16-7)5-9-3-4-10(14)6-11(9)15/h3-4,6,8,17H,5H2,1-2H3. The Morgan fingerprint density at radius 3 is 2.67 bits per heavy atom. The maximum Gasteiger partial charge on any atom is 0.0976 e. The minimum atomic E-state index is -0.475. The first-order chi connectivity index (χ1) is 8.47. The van der Waals surface area contributed by atoms with E-state index in [1.165, 1.54) is 11.3 Å². The average Bonchev–Trinajstić information content (AvgIpc) is 2.64. The Morgan fingerprint density at radius 2 is 2.11 bits per heavy atom. The van der Waals surface area contributed by atoms with Gasteiger partial charge in [0.15, 0.2) is 0 Å². The Bertz CT molecular complexity index is 566. The highest BCUT2D eigenvalue weighted by Crippen LogP contribution is 2.29. The third-order valence-corrected chi connectivity index (χ3v) is 4.53. The van der Waals surface area contributed by atoms with Gasteiger partial charge in [0.05, 0.1) is 21.7 Å². The molecule has 2 nitrogen and oxygen atoms in total. The van der Waals surface area contributed by atoms with Crippen molar-refractivity contribution >= 4 is 34.5 Å². The summed E-state index contributed by atoms with van der Waals surface area (Å²) in [6.07, 6.45) is 0.186. The molecule has 0 amide bonds. The summed E-state index contributed by atoms with van der Waals surface area (Å²) < 4.78 is 0. The third kappa shape index (κ3) is 3.04. The highest BCUT2D eigenvalue weighted by molar-refractivity contribution is 7.11. The van der Waals surface area contributed by atoms with Gasteiger partial charge < -0.3 is 5.11 Å². The average molecular weight is 302 g/mol. The number of nitrogens with zero attached hydrogens (tertiary/aromatic N) is 1. The first-order valence-corrected chi connectivity index (χ1v) is 7.13. The van der Waals surface area contributed by atoms with E-state index in [-0.39, 0.29) is 0 Å². The zero-order chi connectivity index (χ0) is 13.3. The second-order valence-electron chi connectivity index (χ2n) is 4.15. The van der Waals surface area contributed by atoms with Crippen molar-refractivity contribution in [3.05, 3.63) is 49.4 Å².